The Kier molecular flexibility index (Phi) is 7.12. The van der Waals surface area contributed by atoms with Crippen molar-refractivity contribution in [2.45, 2.75) is 6.92 Å². The van der Waals surface area contributed by atoms with Crippen molar-refractivity contribution in [2.75, 3.05) is 58.8 Å². The second-order valence-electron chi connectivity index (χ2n) is 6.90. The average molecular weight is 417 g/mol. The summed E-state index contributed by atoms with van der Waals surface area (Å²) < 4.78 is 15.4. The molecule has 3 rings (SSSR count). The molecule has 162 valence electrons. The van der Waals surface area contributed by atoms with Gasteiger partial charge < -0.3 is 29.5 Å². The van der Waals surface area contributed by atoms with Crippen LogP contribution in [-0.4, -0.2) is 80.4 Å². The monoisotopic (exact) mass is 417 g/mol. The van der Waals surface area contributed by atoms with Crippen LogP contribution in [-0.2, 0) is 0 Å². The Morgan fingerprint density at radius 1 is 1.13 bits per heavy atom. The number of piperazine rings is 1. The molecule has 0 unspecified atom stereocenters. The number of hydrogen-bond acceptors (Lipinski definition) is 7. The van der Waals surface area contributed by atoms with Crippen molar-refractivity contribution in [3.63, 3.8) is 0 Å². The standard InChI is InChI=1S/C20H27N5O5/c1-14-12-17(23-30-14)19(26)25-10-8-24(9-11-25)7-6-21-20(27)22-16-5-4-15(28-2)13-18(16)29-3/h4-5,12-13H,6-11H2,1-3H3,(H2,21,22,27). The van der Waals surface area contributed by atoms with Crippen molar-refractivity contribution in [1.82, 2.24) is 20.3 Å². The first-order valence-corrected chi connectivity index (χ1v) is 9.72. The molecule has 10 heteroatoms. The smallest absolute Gasteiger partial charge is 0.319 e. The van der Waals surface area contributed by atoms with Crippen LogP contribution in [0.25, 0.3) is 0 Å². The van der Waals surface area contributed by atoms with Gasteiger partial charge in [-0.25, -0.2) is 4.79 Å². The number of nitrogens with zero attached hydrogens (tertiary/aromatic N) is 3. The highest BCUT2D eigenvalue weighted by Crippen LogP contribution is 2.28. The lowest BCUT2D eigenvalue weighted by atomic mass is 10.2. The summed E-state index contributed by atoms with van der Waals surface area (Å²) in [4.78, 5) is 28.5. The Labute approximate surface area is 175 Å². The molecule has 0 spiro atoms. The maximum Gasteiger partial charge on any atom is 0.319 e. The molecular weight excluding hydrogens is 390 g/mol. The summed E-state index contributed by atoms with van der Waals surface area (Å²) in [5.74, 6) is 1.67. The fraction of sp³-hybridized carbons (Fsp3) is 0.450. The molecule has 1 saturated heterocycles. The lowest BCUT2D eigenvalue weighted by Crippen LogP contribution is -2.50. The van der Waals surface area contributed by atoms with Gasteiger partial charge in [0.15, 0.2) is 5.69 Å². The number of amides is 3. The summed E-state index contributed by atoms with van der Waals surface area (Å²) in [7, 11) is 3.10. The van der Waals surface area contributed by atoms with E-state index < -0.39 is 0 Å². The zero-order valence-electron chi connectivity index (χ0n) is 17.4. The Balaban J connectivity index is 1.39. The molecule has 0 bridgehead atoms. The van der Waals surface area contributed by atoms with Gasteiger partial charge in [-0.3, -0.25) is 9.69 Å². The first-order valence-electron chi connectivity index (χ1n) is 9.72. The molecule has 0 atom stereocenters. The number of rotatable bonds is 7. The second-order valence-corrected chi connectivity index (χ2v) is 6.90. The Bertz CT molecular complexity index is 876. The number of aryl methyl sites for hydroxylation is 1. The van der Waals surface area contributed by atoms with Crippen LogP contribution in [0.2, 0.25) is 0 Å². The molecule has 2 aromatic rings. The van der Waals surface area contributed by atoms with Crippen LogP contribution in [0.5, 0.6) is 11.5 Å². The molecule has 30 heavy (non-hydrogen) atoms. The minimum Gasteiger partial charge on any atom is -0.497 e. The number of nitrogens with one attached hydrogen (secondary N) is 2. The minimum atomic E-state index is -0.311. The lowest BCUT2D eigenvalue weighted by Gasteiger charge is -2.34. The molecule has 1 aliphatic heterocycles. The third-order valence-electron chi connectivity index (χ3n) is 4.88. The first kappa shape index (κ1) is 21.4. The van der Waals surface area contributed by atoms with Gasteiger partial charge in [0.1, 0.15) is 17.3 Å². The van der Waals surface area contributed by atoms with Gasteiger partial charge in [0.2, 0.25) is 0 Å². The summed E-state index contributed by atoms with van der Waals surface area (Å²) in [6.07, 6.45) is 0. The third-order valence-corrected chi connectivity index (χ3v) is 4.88. The molecule has 3 amide bonds. The number of hydrogen-bond donors (Lipinski definition) is 2. The van der Waals surface area contributed by atoms with Crippen LogP contribution >= 0.6 is 0 Å². The molecule has 2 N–H and O–H groups in total. The summed E-state index contributed by atoms with van der Waals surface area (Å²) in [5, 5.41) is 9.40. The number of ether oxygens (including phenoxy) is 2. The van der Waals surface area contributed by atoms with Crippen molar-refractivity contribution in [3.8, 4) is 11.5 Å². The highest BCUT2D eigenvalue weighted by molar-refractivity contribution is 5.92. The van der Waals surface area contributed by atoms with E-state index in [9.17, 15) is 9.59 Å². The predicted octanol–water partition coefficient (Wildman–Crippen LogP) is 1.58. The van der Waals surface area contributed by atoms with Crippen molar-refractivity contribution in [3.05, 3.63) is 35.7 Å². The summed E-state index contributed by atoms with van der Waals surface area (Å²) >= 11 is 0. The van der Waals surface area contributed by atoms with Crippen molar-refractivity contribution in [1.29, 1.82) is 0 Å². The minimum absolute atomic E-state index is 0.113. The molecule has 1 aromatic carbocycles. The van der Waals surface area contributed by atoms with Crippen LogP contribution in [0.1, 0.15) is 16.2 Å². The van der Waals surface area contributed by atoms with E-state index in [1.54, 1.807) is 43.2 Å². The predicted molar refractivity (Wildman–Crippen MR) is 110 cm³/mol. The van der Waals surface area contributed by atoms with E-state index >= 15 is 0 Å². The SMILES string of the molecule is COc1ccc(NC(=O)NCCN2CCN(C(=O)c3cc(C)on3)CC2)c(OC)c1. The van der Waals surface area contributed by atoms with E-state index in [1.165, 1.54) is 7.11 Å². The molecule has 1 fully saturated rings. The van der Waals surface area contributed by atoms with Crippen molar-refractivity contribution in [2.24, 2.45) is 0 Å². The van der Waals surface area contributed by atoms with Crippen LogP contribution < -0.4 is 20.1 Å². The molecule has 1 aliphatic rings. The number of aromatic nitrogens is 1. The van der Waals surface area contributed by atoms with Gasteiger partial charge >= 0.3 is 6.03 Å². The highest BCUT2D eigenvalue weighted by Gasteiger charge is 2.24. The molecular formula is C20H27N5O5. The maximum absolute atomic E-state index is 12.4. The van der Waals surface area contributed by atoms with Gasteiger partial charge in [0.05, 0.1) is 19.9 Å². The topological polar surface area (TPSA) is 109 Å². The third kappa shape index (κ3) is 5.41. The molecule has 0 saturated carbocycles. The number of carbonyl (C=O) groups excluding carboxylic acids is 2. The summed E-state index contributed by atoms with van der Waals surface area (Å²) in [6.45, 7) is 5.63. The Morgan fingerprint density at radius 3 is 2.53 bits per heavy atom. The number of anilines is 1. The van der Waals surface area contributed by atoms with Gasteiger partial charge in [-0.1, -0.05) is 5.16 Å². The van der Waals surface area contributed by atoms with Crippen molar-refractivity contribution < 1.29 is 23.6 Å². The quantitative estimate of drug-likeness (QED) is 0.704. The molecule has 2 heterocycles. The van der Waals surface area contributed by atoms with Crippen molar-refractivity contribution >= 4 is 17.6 Å². The van der Waals surface area contributed by atoms with E-state index in [4.69, 9.17) is 14.0 Å². The number of benzene rings is 1. The van der Waals surface area contributed by atoms with Crippen LogP contribution in [0.3, 0.4) is 0 Å². The maximum atomic E-state index is 12.4. The summed E-state index contributed by atoms with van der Waals surface area (Å²) in [5.41, 5.74) is 0.902. The van der Waals surface area contributed by atoms with Gasteiger partial charge in [-0.15, -0.1) is 0 Å². The van der Waals surface area contributed by atoms with Crippen LogP contribution in [0.4, 0.5) is 10.5 Å². The van der Waals surface area contributed by atoms with E-state index in [0.717, 1.165) is 13.1 Å². The first-order chi connectivity index (χ1) is 14.5. The van der Waals surface area contributed by atoms with E-state index in [0.29, 0.717) is 54.8 Å². The lowest BCUT2D eigenvalue weighted by molar-refractivity contribution is 0.0629. The van der Waals surface area contributed by atoms with Crippen LogP contribution in [0, 0.1) is 6.92 Å². The van der Waals surface area contributed by atoms with Gasteiger partial charge in [0, 0.05) is 51.4 Å². The second kappa shape index (κ2) is 9.97. The average Bonchev–Trinajstić information content (AvgIpc) is 3.20. The van der Waals surface area contributed by atoms with E-state index in [1.807, 2.05) is 0 Å². The van der Waals surface area contributed by atoms with Gasteiger partial charge in [-0.05, 0) is 19.1 Å². The Hall–Kier alpha value is -3.27. The van der Waals surface area contributed by atoms with E-state index in [2.05, 4.69) is 20.7 Å². The van der Waals surface area contributed by atoms with E-state index in [-0.39, 0.29) is 11.9 Å². The number of carbonyl (C=O) groups is 2. The molecule has 1 aromatic heterocycles. The summed E-state index contributed by atoms with van der Waals surface area (Å²) in [6, 6.07) is 6.52. The normalized spacial score (nSPS) is 14.3. The zero-order valence-corrected chi connectivity index (χ0v) is 17.4. The Morgan fingerprint density at radius 2 is 1.90 bits per heavy atom. The van der Waals surface area contributed by atoms with Gasteiger partial charge in [-0.2, -0.15) is 0 Å². The van der Waals surface area contributed by atoms with Gasteiger partial charge in [0.25, 0.3) is 5.91 Å². The number of methoxy groups -OCH3 is 2. The van der Waals surface area contributed by atoms with Crippen LogP contribution in [0.15, 0.2) is 28.8 Å². The number of urea groups is 1. The highest BCUT2D eigenvalue weighted by atomic mass is 16.5. The fourth-order valence-electron chi connectivity index (χ4n) is 3.20. The molecule has 0 radical (unpaired) electrons. The molecule has 0 aliphatic carbocycles. The zero-order chi connectivity index (χ0) is 21.5. The molecule has 10 nitrogen and oxygen atoms in total. The fourth-order valence-corrected chi connectivity index (χ4v) is 3.20. The largest absolute Gasteiger partial charge is 0.497 e.